The van der Waals surface area contributed by atoms with Crippen LogP contribution in [0, 0.1) is 0 Å². The molecule has 2 aromatic carbocycles. The standard InChI is InChI=1S/C19H25N3O3S2/c1-15(23)21-18-14-17(10-11-19(18)26-3)27(24,25)20-12-7-13-22(2)16-8-5-4-6-9-16/h4-6,8-11,14,20H,7,12-13H2,1-3H3,(H,21,23). The average Bonchev–Trinajstić information content (AvgIpc) is 2.65. The van der Waals surface area contributed by atoms with Crippen molar-refractivity contribution in [3.63, 3.8) is 0 Å². The fourth-order valence-corrected chi connectivity index (χ4v) is 4.19. The van der Waals surface area contributed by atoms with Crippen LogP contribution in [0.15, 0.2) is 58.3 Å². The number of amides is 1. The third-order valence-electron chi connectivity index (χ3n) is 3.95. The second-order valence-electron chi connectivity index (χ2n) is 6.05. The zero-order chi connectivity index (χ0) is 19.9. The number of carbonyl (C=O) groups excluding carboxylic acids is 1. The molecule has 0 radical (unpaired) electrons. The van der Waals surface area contributed by atoms with Gasteiger partial charge in [-0.15, -0.1) is 11.8 Å². The zero-order valence-corrected chi connectivity index (χ0v) is 17.4. The van der Waals surface area contributed by atoms with Crippen LogP contribution < -0.4 is 14.9 Å². The molecule has 146 valence electrons. The van der Waals surface area contributed by atoms with Gasteiger partial charge in [-0.2, -0.15) is 0 Å². The Morgan fingerprint density at radius 1 is 1.15 bits per heavy atom. The van der Waals surface area contributed by atoms with Gasteiger partial charge in [-0.1, -0.05) is 18.2 Å². The van der Waals surface area contributed by atoms with Crippen molar-refractivity contribution in [1.29, 1.82) is 0 Å². The summed E-state index contributed by atoms with van der Waals surface area (Å²) in [7, 11) is -1.66. The summed E-state index contributed by atoms with van der Waals surface area (Å²) in [5.41, 5.74) is 1.59. The number of rotatable bonds is 9. The van der Waals surface area contributed by atoms with E-state index in [4.69, 9.17) is 0 Å². The molecule has 2 aromatic rings. The molecule has 0 spiro atoms. The molecule has 0 aliphatic carbocycles. The minimum absolute atomic E-state index is 0.139. The second kappa shape index (κ2) is 9.77. The number of thioether (sulfide) groups is 1. The first kappa shape index (κ1) is 21.3. The van der Waals surface area contributed by atoms with E-state index in [1.165, 1.54) is 24.8 Å². The van der Waals surface area contributed by atoms with Crippen LogP contribution in [0.1, 0.15) is 13.3 Å². The Bertz CT molecular complexity index is 871. The van der Waals surface area contributed by atoms with Gasteiger partial charge in [0.25, 0.3) is 0 Å². The Morgan fingerprint density at radius 3 is 2.48 bits per heavy atom. The van der Waals surface area contributed by atoms with Crippen LogP contribution in [0.4, 0.5) is 11.4 Å². The van der Waals surface area contributed by atoms with Crippen molar-refractivity contribution in [2.45, 2.75) is 23.1 Å². The second-order valence-corrected chi connectivity index (χ2v) is 8.67. The van der Waals surface area contributed by atoms with E-state index in [9.17, 15) is 13.2 Å². The molecule has 0 atom stereocenters. The van der Waals surface area contributed by atoms with Crippen LogP contribution in [0.3, 0.4) is 0 Å². The number of nitrogens with one attached hydrogen (secondary N) is 2. The van der Waals surface area contributed by atoms with Crippen molar-refractivity contribution >= 4 is 39.1 Å². The van der Waals surface area contributed by atoms with Gasteiger partial charge in [0.2, 0.25) is 15.9 Å². The van der Waals surface area contributed by atoms with E-state index in [-0.39, 0.29) is 10.8 Å². The van der Waals surface area contributed by atoms with Crippen LogP contribution in [-0.4, -0.2) is 40.7 Å². The Labute approximate surface area is 165 Å². The fourth-order valence-electron chi connectivity index (χ4n) is 2.56. The maximum absolute atomic E-state index is 12.5. The number of carbonyl (C=O) groups is 1. The molecule has 0 aromatic heterocycles. The largest absolute Gasteiger partial charge is 0.375 e. The summed E-state index contributed by atoms with van der Waals surface area (Å²) in [6, 6.07) is 14.7. The Balaban J connectivity index is 1.97. The van der Waals surface area contributed by atoms with Gasteiger partial charge in [-0.05, 0) is 43.0 Å². The van der Waals surface area contributed by atoms with Crippen LogP contribution in [0.25, 0.3) is 0 Å². The Kier molecular flexibility index (Phi) is 7.70. The number of hydrogen-bond donors (Lipinski definition) is 2. The maximum Gasteiger partial charge on any atom is 0.240 e. The van der Waals surface area contributed by atoms with E-state index in [0.717, 1.165) is 17.1 Å². The van der Waals surface area contributed by atoms with Crippen molar-refractivity contribution in [1.82, 2.24) is 4.72 Å². The lowest BCUT2D eigenvalue weighted by atomic mass is 10.3. The number of nitrogens with zero attached hydrogens (tertiary/aromatic N) is 1. The number of benzene rings is 2. The predicted octanol–water partition coefficient (Wildman–Crippen LogP) is 3.17. The van der Waals surface area contributed by atoms with Gasteiger partial charge in [0.15, 0.2) is 0 Å². The van der Waals surface area contributed by atoms with Crippen molar-refractivity contribution in [2.24, 2.45) is 0 Å². The lowest BCUT2D eigenvalue weighted by Gasteiger charge is -2.19. The molecule has 6 nitrogen and oxygen atoms in total. The van der Waals surface area contributed by atoms with Gasteiger partial charge in [0, 0.05) is 37.6 Å². The van der Waals surface area contributed by atoms with Gasteiger partial charge in [0.1, 0.15) is 0 Å². The van der Waals surface area contributed by atoms with Crippen molar-refractivity contribution < 1.29 is 13.2 Å². The summed E-state index contributed by atoms with van der Waals surface area (Å²) in [6.07, 6.45) is 2.54. The first-order valence-electron chi connectivity index (χ1n) is 8.55. The first-order chi connectivity index (χ1) is 12.8. The number of para-hydroxylation sites is 1. The maximum atomic E-state index is 12.5. The van der Waals surface area contributed by atoms with Gasteiger partial charge in [-0.3, -0.25) is 4.79 Å². The normalized spacial score (nSPS) is 11.2. The average molecular weight is 408 g/mol. The van der Waals surface area contributed by atoms with Crippen molar-refractivity contribution in [3.8, 4) is 0 Å². The summed E-state index contributed by atoms with van der Waals surface area (Å²) in [4.78, 5) is 14.4. The van der Waals surface area contributed by atoms with E-state index >= 15 is 0 Å². The summed E-state index contributed by atoms with van der Waals surface area (Å²) >= 11 is 1.44. The molecule has 0 aliphatic rings. The van der Waals surface area contributed by atoms with Gasteiger partial charge in [-0.25, -0.2) is 13.1 Å². The molecule has 0 saturated carbocycles. The highest BCUT2D eigenvalue weighted by atomic mass is 32.2. The molecule has 0 heterocycles. The fraction of sp³-hybridized carbons (Fsp3) is 0.316. The highest BCUT2D eigenvalue weighted by Crippen LogP contribution is 2.28. The predicted molar refractivity (Wildman–Crippen MR) is 112 cm³/mol. The summed E-state index contributed by atoms with van der Waals surface area (Å²) in [5.74, 6) is -0.239. The SMILES string of the molecule is CSc1ccc(S(=O)(=O)NCCCN(C)c2ccccc2)cc1NC(C)=O. The molecule has 0 aliphatic heterocycles. The van der Waals surface area contributed by atoms with Crippen LogP contribution in [0.2, 0.25) is 0 Å². The van der Waals surface area contributed by atoms with Crippen LogP contribution in [-0.2, 0) is 14.8 Å². The third kappa shape index (κ3) is 6.27. The Hall–Kier alpha value is -2.03. The molecule has 0 saturated heterocycles. The molecular weight excluding hydrogens is 382 g/mol. The molecule has 0 unspecified atom stereocenters. The smallest absolute Gasteiger partial charge is 0.240 e. The van der Waals surface area contributed by atoms with E-state index in [1.807, 2.05) is 43.6 Å². The quantitative estimate of drug-likeness (QED) is 0.493. The minimum atomic E-state index is -3.64. The molecule has 2 rings (SSSR count). The third-order valence-corrected chi connectivity index (χ3v) is 6.21. The molecule has 27 heavy (non-hydrogen) atoms. The molecule has 8 heteroatoms. The van der Waals surface area contributed by atoms with Gasteiger partial charge < -0.3 is 10.2 Å². The highest BCUT2D eigenvalue weighted by molar-refractivity contribution is 7.98. The monoisotopic (exact) mass is 407 g/mol. The van der Waals surface area contributed by atoms with E-state index in [0.29, 0.717) is 18.7 Å². The van der Waals surface area contributed by atoms with E-state index in [1.54, 1.807) is 12.1 Å². The Morgan fingerprint density at radius 2 is 1.85 bits per heavy atom. The van der Waals surface area contributed by atoms with Crippen LogP contribution in [0.5, 0.6) is 0 Å². The summed E-state index contributed by atoms with van der Waals surface area (Å²) in [5, 5.41) is 2.68. The molecule has 1 amide bonds. The van der Waals surface area contributed by atoms with Crippen molar-refractivity contribution in [2.75, 3.05) is 36.6 Å². The first-order valence-corrected chi connectivity index (χ1v) is 11.3. The minimum Gasteiger partial charge on any atom is -0.375 e. The lowest BCUT2D eigenvalue weighted by molar-refractivity contribution is -0.114. The topological polar surface area (TPSA) is 78.5 Å². The van der Waals surface area contributed by atoms with Gasteiger partial charge >= 0.3 is 0 Å². The van der Waals surface area contributed by atoms with E-state index in [2.05, 4.69) is 14.9 Å². The lowest BCUT2D eigenvalue weighted by Crippen LogP contribution is -2.28. The molecule has 0 fully saturated rings. The van der Waals surface area contributed by atoms with E-state index < -0.39 is 10.0 Å². The zero-order valence-electron chi connectivity index (χ0n) is 15.7. The highest BCUT2D eigenvalue weighted by Gasteiger charge is 2.16. The molecular formula is C19H25N3O3S2. The number of sulfonamides is 1. The van der Waals surface area contributed by atoms with Gasteiger partial charge in [0.05, 0.1) is 10.6 Å². The molecule has 0 bridgehead atoms. The van der Waals surface area contributed by atoms with Crippen molar-refractivity contribution in [3.05, 3.63) is 48.5 Å². The van der Waals surface area contributed by atoms with Crippen LogP contribution >= 0.6 is 11.8 Å². The summed E-state index contributed by atoms with van der Waals surface area (Å²) in [6.45, 7) is 2.46. The number of anilines is 2. The summed E-state index contributed by atoms with van der Waals surface area (Å²) < 4.78 is 27.7. The number of hydrogen-bond acceptors (Lipinski definition) is 5. The molecule has 2 N–H and O–H groups in total.